The van der Waals surface area contributed by atoms with E-state index in [0.29, 0.717) is 6.04 Å². The maximum Gasteiger partial charge on any atom is 0.127 e. The van der Waals surface area contributed by atoms with Crippen molar-refractivity contribution in [2.45, 2.75) is 32.4 Å². The summed E-state index contributed by atoms with van der Waals surface area (Å²) < 4.78 is 2.12. The van der Waals surface area contributed by atoms with E-state index in [1.54, 1.807) is 11.3 Å². The predicted molar refractivity (Wildman–Crippen MR) is 85.3 cm³/mol. The fourth-order valence-electron chi connectivity index (χ4n) is 2.85. The van der Waals surface area contributed by atoms with E-state index in [1.165, 1.54) is 10.7 Å². The Balaban J connectivity index is 1.73. The van der Waals surface area contributed by atoms with Gasteiger partial charge in [0.15, 0.2) is 0 Å². The van der Waals surface area contributed by atoms with E-state index >= 15 is 0 Å². The second kappa shape index (κ2) is 6.68. The molecule has 1 atom stereocenters. The van der Waals surface area contributed by atoms with Gasteiger partial charge >= 0.3 is 0 Å². The number of rotatable bonds is 5. The van der Waals surface area contributed by atoms with Crippen LogP contribution in [0.5, 0.6) is 0 Å². The van der Waals surface area contributed by atoms with Crippen LogP contribution in [-0.2, 0) is 20.0 Å². The number of nitrogens with one attached hydrogen (secondary N) is 1. The van der Waals surface area contributed by atoms with E-state index in [4.69, 9.17) is 4.98 Å². The number of imidazole rings is 1. The Labute approximate surface area is 130 Å². The minimum atomic E-state index is 0.331. The van der Waals surface area contributed by atoms with Crippen LogP contribution >= 0.6 is 11.3 Å². The summed E-state index contributed by atoms with van der Waals surface area (Å²) in [6.07, 6.45) is 6.14. The molecule has 2 aromatic rings. The zero-order chi connectivity index (χ0) is 14.7. The Kier molecular flexibility index (Phi) is 4.67. The zero-order valence-electron chi connectivity index (χ0n) is 12.7. The standard InChI is InChI=1S/C15H23N5S/c1-3-4-12-11-21-14(18-12)10-20-8-5-16-9-13(20)15-17-6-7-19(15)2/h6-7,11,13,16H,3-5,8-10H2,1-2H3. The third kappa shape index (κ3) is 3.33. The number of piperazine rings is 1. The van der Waals surface area contributed by atoms with Gasteiger partial charge in [-0.2, -0.15) is 0 Å². The highest BCUT2D eigenvalue weighted by Crippen LogP contribution is 2.24. The largest absolute Gasteiger partial charge is 0.337 e. The quantitative estimate of drug-likeness (QED) is 0.917. The van der Waals surface area contributed by atoms with Crippen LogP contribution in [0.3, 0.4) is 0 Å². The first kappa shape index (κ1) is 14.7. The molecular formula is C15H23N5S. The van der Waals surface area contributed by atoms with Gasteiger partial charge in [0.1, 0.15) is 10.8 Å². The van der Waals surface area contributed by atoms with Gasteiger partial charge in [0, 0.05) is 44.5 Å². The first-order chi connectivity index (χ1) is 10.3. The molecule has 3 rings (SSSR count). The Bertz CT molecular complexity index is 576. The van der Waals surface area contributed by atoms with Gasteiger partial charge in [-0.1, -0.05) is 13.3 Å². The molecule has 0 spiro atoms. The lowest BCUT2D eigenvalue weighted by atomic mass is 10.2. The summed E-state index contributed by atoms with van der Waals surface area (Å²) in [5.41, 5.74) is 1.24. The molecule has 3 heterocycles. The van der Waals surface area contributed by atoms with Crippen molar-refractivity contribution in [1.82, 2.24) is 24.8 Å². The molecule has 0 amide bonds. The molecule has 0 aromatic carbocycles. The molecule has 21 heavy (non-hydrogen) atoms. The number of nitrogens with zero attached hydrogens (tertiary/aromatic N) is 4. The molecule has 6 heteroatoms. The lowest BCUT2D eigenvalue weighted by Gasteiger charge is -2.35. The number of aromatic nitrogens is 3. The lowest BCUT2D eigenvalue weighted by molar-refractivity contribution is 0.144. The van der Waals surface area contributed by atoms with Crippen molar-refractivity contribution >= 4 is 11.3 Å². The van der Waals surface area contributed by atoms with Crippen molar-refractivity contribution in [3.05, 3.63) is 34.3 Å². The smallest absolute Gasteiger partial charge is 0.127 e. The normalized spacial score (nSPS) is 20.0. The first-order valence-electron chi connectivity index (χ1n) is 7.63. The average molecular weight is 305 g/mol. The highest BCUT2D eigenvalue weighted by atomic mass is 32.1. The molecule has 5 nitrogen and oxygen atoms in total. The Morgan fingerprint density at radius 1 is 1.48 bits per heavy atom. The van der Waals surface area contributed by atoms with Gasteiger partial charge in [-0.25, -0.2) is 9.97 Å². The predicted octanol–water partition coefficient (Wildman–Crippen LogP) is 1.98. The van der Waals surface area contributed by atoms with Crippen LogP contribution in [-0.4, -0.2) is 39.1 Å². The summed E-state index contributed by atoms with van der Waals surface area (Å²) in [6, 6.07) is 0.331. The van der Waals surface area contributed by atoms with Crippen LogP contribution in [0.15, 0.2) is 17.8 Å². The van der Waals surface area contributed by atoms with Crippen LogP contribution in [0, 0.1) is 0 Å². The molecule has 1 aliphatic rings. The third-order valence-electron chi connectivity index (χ3n) is 3.95. The van der Waals surface area contributed by atoms with Crippen molar-refractivity contribution in [2.75, 3.05) is 19.6 Å². The van der Waals surface area contributed by atoms with Gasteiger partial charge in [0.25, 0.3) is 0 Å². The summed E-state index contributed by atoms with van der Waals surface area (Å²) in [7, 11) is 2.07. The van der Waals surface area contributed by atoms with Crippen molar-refractivity contribution in [3.63, 3.8) is 0 Å². The molecule has 1 fully saturated rings. The molecule has 1 N–H and O–H groups in total. The number of hydrogen-bond acceptors (Lipinski definition) is 5. The third-order valence-corrected chi connectivity index (χ3v) is 4.84. The topological polar surface area (TPSA) is 46.0 Å². The number of aryl methyl sites for hydroxylation is 2. The van der Waals surface area contributed by atoms with Crippen molar-refractivity contribution in [2.24, 2.45) is 7.05 Å². The molecular weight excluding hydrogens is 282 g/mol. The van der Waals surface area contributed by atoms with Gasteiger partial charge in [-0.15, -0.1) is 11.3 Å². The molecule has 1 aliphatic heterocycles. The van der Waals surface area contributed by atoms with E-state index in [9.17, 15) is 0 Å². The highest BCUT2D eigenvalue weighted by molar-refractivity contribution is 7.09. The van der Waals surface area contributed by atoms with E-state index in [1.807, 2.05) is 12.4 Å². The van der Waals surface area contributed by atoms with Crippen molar-refractivity contribution in [1.29, 1.82) is 0 Å². The second-order valence-corrected chi connectivity index (χ2v) is 6.51. The maximum absolute atomic E-state index is 4.76. The Morgan fingerprint density at radius 2 is 2.38 bits per heavy atom. The van der Waals surface area contributed by atoms with Crippen LogP contribution in [0.2, 0.25) is 0 Å². The molecule has 1 saturated heterocycles. The minimum absolute atomic E-state index is 0.331. The Hall–Kier alpha value is -1.24. The monoisotopic (exact) mass is 305 g/mol. The van der Waals surface area contributed by atoms with Gasteiger partial charge < -0.3 is 9.88 Å². The SMILES string of the molecule is CCCc1csc(CN2CCNCC2c2nccn2C)n1. The molecule has 0 aliphatic carbocycles. The van der Waals surface area contributed by atoms with Gasteiger partial charge in [-0.05, 0) is 6.42 Å². The van der Waals surface area contributed by atoms with E-state index in [2.05, 4.69) is 39.1 Å². The van der Waals surface area contributed by atoms with Crippen LogP contribution in [0.1, 0.15) is 35.9 Å². The molecule has 1 unspecified atom stereocenters. The first-order valence-corrected chi connectivity index (χ1v) is 8.51. The zero-order valence-corrected chi connectivity index (χ0v) is 13.6. The van der Waals surface area contributed by atoms with Gasteiger partial charge in [0.2, 0.25) is 0 Å². The fraction of sp³-hybridized carbons (Fsp3) is 0.600. The van der Waals surface area contributed by atoms with Crippen molar-refractivity contribution < 1.29 is 0 Å². The Morgan fingerprint density at radius 3 is 3.14 bits per heavy atom. The van der Waals surface area contributed by atoms with E-state index in [-0.39, 0.29) is 0 Å². The molecule has 2 aromatic heterocycles. The van der Waals surface area contributed by atoms with Crippen LogP contribution < -0.4 is 5.32 Å². The second-order valence-electron chi connectivity index (χ2n) is 5.57. The van der Waals surface area contributed by atoms with Gasteiger partial charge in [0.05, 0.1) is 18.3 Å². The molecule has 0 bridgehead atoms. The number of hydrogen-bond donors (Lipinski definition) is 1. The minimum Gasteiger partial charge on any atom is -0.337 e. The summed E-state index contributed by atoms with van der Waals surface area (Å²) >= 11 is 1.79. The summed E-state index contributed by atoms with van der Waals surface area (Å²) in [5, 5.41) is 6.91. The maximum atomic E-state index is 4.76. The summed E-state index contributed by atoms with van der Waals surface area (Å²) in [5.74, 6) is 1.13. The van der Waals surface area contributed by atoms with Crippen molar-refractivity contribution in [3.8, 4) is 0 Å². The molecule has 0 radical (unpaired) electrons. The van der Waals surface area contributed by atoms with E-state index in [0.717, 1.165) is 44.8 Å². The number of thiazole rings is 1. The van der Waals surface area contributed by atoms with Crippen LogP contribution in [0.25, 0.3) is 0 Å². The lowest BCUT2D eigenvalue weighted by Crippen LogP contribution is -2.46. The van der Waals surface area contributed by atoms with E-state index < -0.39 is 0 Å². The summed E-state index contributed by atoms with van der Waals surface area (Å²) in [6.45, 7) is 6.16. The molecule has 0 saturated carbocycles. The molecule has 114 valence electrons. The fourth-order valence-corrected chi connectivity index (χ4v) is 3.71. The summed E-state index contributed by atoms with van der Waals surface area (Å²) in [4.78, 5) is 11.8. The van der Waals surface area contributed by atoms with Gasteiger partial charge in [-0.3, -0.25) is 4.90 Å². The van der Waals surface area contributed by atoms with Crippen LogP contribution in [0.4, 0.5) is 0 Å². The highest BCUT2D eigenvalue weighted by Gasteiger charge is 2.27. The average Bonchev–Trinajstić information content (AvgIpc) is 3.09.